The van der Waals surface area contributed by atoms with Crippen LogP contribution in [0.15, 0.2) is 45.4 Å². The Morgan fingerprint density at radius 1 is 1.23 bits per heavy atom. The van der Waals surface area contributed by atoms with Gasteiger partial charge in [0.25, 0.3) is 0 Å². The number of hydrogen-bond acceptors (Lipinski definition) is 3. The highest BCUT2D eigenvalue weighted by molar-refractivity contribution is 5.86. The second-order valence-corrected chi connectivity index (χ2v) is 5.21. The molecule has 0 radical (unpaired) electrons. The molecule has 0 amide bonds. The first kappa shape index (κ1) is 14.7. The first-order chi connectivity index (χ1) is 10.5. The monoisotopic (exact) mass is 304 g/mol. The summed E-state index contributed by atoms with van der Waals surface area (Å²) in [5.41, 5.74) is -0.695. The van der Waals surface area contributed by atoms with E-state index in [4.69, 9.17) is 4.42 Å². The second-order valence-electron chi connectivity index (χ2n) is 5.21. The zero-order chi connectivity index (χ0) is 15.9. The number of benzene rings is 1. The molecule has 0 aliphatic heterocycles. The third-order valence-corrected chi connectivity index (χ3v) is 3.64. The van der Waals surface area contributed by atoms with Gasteiger partial charge in [0, 0.05) is 5.57 Å². The zero-order valence-electron chi connectivity index (χ0n) is 11.9. The average molecular weight is 304 g/mol. The summed E-state index contributed by atoms with van der Waals surface area (Å²) in [4.78, 5) is 12.7. The first-order valence-electron chi connectivity index (χ1n) is 7.00. The van der Waals surface area contributed by atoms with E-state index in [0.29, 0.717) is 12.8 Å². The van der Waals surface area contributed by atoms with E-state index in [1.807, 2.05) is 0 Å². The highest BCUT2D eigenvalue weighted by Gasteiger charge is 2.25. The van der Waals surface area contributed by atoms with Crippen molar-refractivity contribution in [3.8, 4) is 0 Å². The van der Waals surface area contributed by atoms with Crippen LogP contribution in [0, 0.1) is 5.82 Å². The number of aliphatic hydroxyl groups is 1. The van der Waals surface area contributed by atoms with Crippen molar-refractivity contribution in [1.82, 2.24) is 0 Å². The van der Waals surface area contributed by atoms with Gasteiger partial charge in [-0.2, -0.15) is 0 Å². The maximum atomic E-state index is 14.1. The van der Waals surface area contributed by atoms with Gasteiger partial charge in [0.1, 0.15) is 34.5 Å². The van der Waals surface area contributed by atoms with E-state index < -0.39 is 23.2 Å². The van der Waals surface area contributed by atoms with Crippen LogP contribution < -0.4 is 5.43 Å². The van der Waals surface area contributed by atoms with Crippen molar-refractivity contribution in [2.45, 2.75) is 25.9 Å². The molecule has 1 unspecified atom stereocenters. The van der Waals surface area contributed by atoms with Crippen LogP contribution in [-0.4, -0.2) is 5.11 Å². The molecule has 114 valence electrons. The van der Waals surface area contributed by atoms with Crippen molar-refractivity contribution in [3.05, 3.63) is 63.5 Å². The van der Waals surface area contributed by atoms with Gasteiger partial charge in [0.05, 0.1) is 5.56 Å². The fraction of sp³-hybridized carbons (Fsp3) is 0.235. The van der Waals surface area contributed by atoms with Gasteiger partial charge in [-0.15, -0.1) is 0 Å². The minimum Gasteiger partial charge on any atom is -0.457 e. The Kier molecular flexibility index (Phi) is 3.66. The van der Waals surface area contributed by atoms with Crippen molar-refractivity contribution in [1.29, 1.82) is 0 Å². The lowest BCUT2D eigenvalue weighted by Crippen LogP contribution is -2.16. The van der Waals surface area contributed by atoms with Crippen molar-refractivity contribution in [3.63, 3.8) is 0 Å². The number of halogens is 2. The smallest absolute Gasteiger partial charge is 0.203 e. The molecule has 0 spiro atoms. The lowest BCUT2D eigenvalue weighted by atomic mass is 9.94. The molecule has 1 aliphatic carbocycles. The van der Waals surface area contributed by atoms with Gasteiger partial charge >= 0.3 is 0 Å². The molecule has 3 nitrogen and oxygen atoms in total. The van der Waals surface area contributed by atoms with Crippen LogP contribution in [0.25, 0.3) is 16.5 Å². The number of rotatable bonds is 2. The highest BCUT2D eigenvalue weighted by Crippen LogP contribution is 2.33. The molecule has 1 heterocycles. The fourth-order valence-electron chi connectivity index (χ4n) is 2.63. The predicted octanol–water partition coefficient (Wildman–Crippen LogP) is 4.02. The van der Waals surface area contributed by atoms with Crippen LogP contribution in [-0.2, 0) is 0 Å². The fourth-order valence-corrected chi connectivity index (χ4v) is 2.63. The molecule has 22 heavy (non-hydrogen) atoms. The molecule has 1 aromatic carbocycles. The quantitative estimate of drug-likeness (QED) is 0.911. The van der Waals surface area contributed by atoms with Gasteiger partial charge in [0.15, 0.2) is 0 Å². The Morgan fingerprint density at radius 3 is 2.64 bits per heavy atom. The number of hydrogen-bond donors (Lipinski definition) is 1. The SMILES string of the molecule is CC(O)c1oc2cccc(F)c2c(=O)c1C1=CCCC=C1F. The Hall–Kier alpha value is -2.27. The van der Waals surface area contributed by atoms with E-state index in [1.165, 1.54) is 25.1 Å². The third kappa shape index (κ3) is 2.27. The van der Waals surface area contributed by atoms with Gasteiger partial charge in [-0.1, -0.05) is 12.1 Å². The van der Waals surface area contributed by atoms with Gasteiger partial charge < -0.3 is 9.52 Å². The Bertz CT molecular complexity index is 860. The molecule has 2 aromatic rings. The zero-order valence-corrected chi connectivity index (χ0v) is 11.9. The summed E-state index contributed by atoms with van der Waals surface area (Å²) in [6, 6.07) is 4.00. The summed E-state index contributed by atoms with van der Waals surface area (Å²) in [6.07, 6.45) is 2.92. The molecule has 5 heteroatoms. The van der Waals surface area contributed by atoms with Crippen molar-refractivity contribution >= 4 is 16.5 Å². The van der Waals surface area contributed by atoms with Gasteiger partial charge in [-0.25, -0.2) is 8.78 Å². The summed E-state index contributed by atoms with van der Waals surface area (Å²) in [7, 11) is 0. The van der Waals surface area contributed by atoms with Crippen LogP contribution in [0.3, 0.4) is 0 Å². The van der Waals surface area contributed by atoms with Crippen LogP contribution in [0.2, 0.25) is 0 Å². The van der Waals surface area contributed by atoms with E-state index in [9.17, 15) is 18.7 Å². The summed E-state index contributed by atoms with van der Waals surface area (Å²) >= 11 is 0. The topological polar surface area (TPSA) is 50.4 Å². The maximum Gasteiger partial charge on any atom is 0.203 e. The first-order valence-corrected chi connectivity index (χ1v) is 7.00. The molecule has 0 saturated heterocycles. The Balaban J connectivity index is 2.42. The lowest BCUT2D eigenvalue weighted by molar-refractivity contribution is 0.170. The molecule has 0 saturated carbocycles. The van der Waals surface area contributed by atoms with Crippen LogP contribution in [0.4, 0.5) is 8.78 Å². The lowest BCUT2D eigenvalue weighted by Gasteiger charge is -2.15. The standard InChI is InChI=1S/C17H14F2O3/c1-9(20)17-14(10-5-2-3-6-11(10)18)16(21)15-12(19)7-4-8-13(15)22-17/h4-9,20H,2-3H2,1H3. The van der Waals surface area contributed by atoms with Gasteiger partial charge in [-0.05, 0) is 38.0 Å². The van der Waals surface area contributed by atoms with E-state index in [2.05, 4.69) is 0 Å². The molecule has 3 rings (SSSR count). The van der Waals surface area contributed by atoms with E-state index in [1.54, 1.807) is 6.08 Å². The summed E-state index contributed by atoms with van der Waals surface area (Å²) < 4.78 is 33.6. The normalized spacial score (nSPS) is 16.4. The maximum absolute atomic E-state index is 14.1. The Morgan fingerprint density at radius 2 is 1.95 bits per heavy atom. The highest BCUT2D eigenvalue weighted by atomic mass is 19.1. The minimum atomic E-state index is -1.12. The largest absolute Gasteiger partial charge is 0.457 e. The molecule has 1 aromatic heterocycles. The number of allylic oxidation sites excluding steroid dienone is 4. The summed E-state index contributed by atoms with van der Waals surface area (Å²) in [5.74, 6) is -1.35. The molecule has 1 atom stereocenters. The van der Waals surface area contributed by atoms with E-state index >= 15 is 0 Å². The minimum absolute atomic E-state index is 0.0328. The van der Waals surface area contributed by atoms with Gasteiger partial charge in [-0.3, -0.25) is 4.79 Å². The number of aliphatic hydroxyl groups excluding tert-OH is 1. The van der Waals surface area contributed by atoms with Crippen molar-refractivity contribution in [2.24, 2.45) is 0 Å². The molecular weight excluding hydrogens is 290 g/mol. The predicted molar refractivity (Wildman–Crippen MR) is 79.5 cm³/mol. The average Bonchev–Trinajstić information content (AvgIpc) is 2.48. The van der Waals surface area contributed by atoms with Crippen LogP contribution in [0.5, 0.6) is 0 Å². The number of fused-ring (bicyclic) bond motifs is 1. The van der Waals surface area contributed by atoms with Gasteiger partial charge in [0.2, 0.25) is 5.43 Å². The van der Waals surface area contributed by atoms with E-state index in [0.717, 1.165) is 6.07 Å². The molecule has 1 aliphatic rings. The molecular formula is C17H14F2O3. The molecule has 1 N–H and O–H groups in total. The van der Waals surface area contributed by atoms with E-state index in [-0.39, 0.29) is 27.9 Å². The van der Waals surface area contributed by atoms with Crippen LogP contribution >= 0.6 is 0 Å². The van der Waals surface area contributed by atoms with Crippen LogP contribution in [0.1, 0.15) is 37.2 Å². The summed E-state index contributed by atoms with van der Waals surface area (Å²) in [6.45, 7) is 1.41. The molecule has 0 bridgehead atoms. The van der Waals surface area contributed by atoms with Crippen molar-refractivity contribution in [2.75, 3.05) is 0 Å². The van der Waals surface area contributed by atoms with Crippen molar-refractivity contribution < 1.29 is 18.3 Å². The second kappa shape index (κ2) is 5.50. The third-order valence-electron chi connectivity index (χ3n) is 3.64. The Labute approximate surface area is 125 Å². The summed E-state index contributed by atoms with van der Waals surface area (Å²) in [5, 5.41) is 9.64. The molecule has 0 fully saturated rings.